The molecule has 4 rings (SSSR count). The van der Waals surface area contributed by atoms with E-state index in [4.69, 9.17) is 4.74 Å². The first kappa shape index (κ1) is 18.3. The third kappa shape index (κ3) is 4.82. The van der Waals surface area contributed by atoms with Crippen LogP contribution in [0.15, 0.2) is 67.0 Å². The zero-order valence-electron chi connectivity index (χ0n) is 15.2. The van der Waals surface area contributed by atoms with E-state index in [2.05, 4.69) is 15.4 Å². The number of ether oxygens (including phenoxy) is 1. The van der Waals surface area contributed by atoms with Crippen LogP contribution in [0.5, 0.6) is 0 Å². The van der Waals surface area contributed by atoms with Gasteiger partial charge in [-0.3, -0.25) is 9.48 Å². The number of aromatic nitrogens is 3. The van der Waals surface area contributed by atoms with E-state index in [0.717, 1.165) is 32.9 Å². The van der Waals surface area contributed by atoms with Gasteiger partial charge in [0.1, 0.15) is 11.6 Å². The molecule has 0 spiro atoms. The third-order valence-corrected chi connectivity index (χ3v) is 5.22. The highest BCUT2D eigenvalue weighted by molar-refractivity contribution is 7.18. The summed E-state index contributed by atoms with van der Waals surface area (Å²) in [5, 5.41) is 7.95. The Morgan fingerprint density at radius 2 is 1.89 bits per heavy atom. The van der Waals surface area contributed by atoms with Crippen molar-refractivity contribution in [3.63, 3.8) is 0 Å². The third-order valence-electron chi connectivity index (χ3n) is 4.21. The molecule has 2 aromatic heterocycles. The lowest BCUT2D eigenvalue weighted by Crippen LogP contribution is -2.27. The van der Waals surface area contributed by atoms with Gasteiger partial charge in [-0.15, -0.1) is 11.3 Å². The van der Waals surface area contributed by atoms with E-state index in [0.29, 0.717) is 13.2 Å². The molecule has 0 atom stereocenters. The molecule has 1 amide bonds. The van der Waals surface area contributed by atoms with Crippen molar-refractivity contribution in [2.24, 2.45) is 0 Å². The number of amides is 1. The summed E-state index contributed by atoms with van der Waals surface area (Å²) >= 11 is 1.59. The Bertz CT molecular complexity index is 1010. The lowest BCUT2D eigenvalue weighted by molar-refractivity contribution is -0.126. The fraction of sp³-hybridized carbons (Fsp3) is 0.190. The summed E-state index contributed by atoms with van der Waals surface area (Å²) in [4.78, 5) is 16.5. The molecule has 0 aliphatic rings. The van der Waals surface area contributed by atoms with Crippen molar-refractivity contribution in [3.8, 4) is 0 Å². The normalized spacial score (nSPS) is 11.0. The molecule has 0 radical (unpaired) electrons. The van der Waals surface area contributed by atoms with E-state index in [9.17, 15) is 4.79 Å². The van der Waals surface area contributed by atoms with Crippen LogP contribution in [0.25, 0.3) is 10.2 Å². The number of nitrogens with one attached hydrogen (secondary N) is 1. The van der Waals surface area contributed by atoms with Crippen LogP contribution in [-0.2, 0) is 29.2 Å². The van der Waals surface area contributed by atoms with Gasteiger partial charge in [0.05, 0.1) is 23.4 Å². The second-order valence-electron chi connectivity index (χ2n) is 6.36. The van der Waals surface area contributed by atoms with Crippen molar-refractivity contribution in [3.05, 3.63) is 83.1 Å². The van der Waals surface area contributed by atoms with Crippen LogP contribution in [0.2, 0.25) is 0 Å². The van der Waals surface area contributed by atoms with E-state index in [-0.39, 0.29) is 12.5 Å². The molecule has 1 N–H and O–H groups in total. The van der Waals surface area contributed by atoms with E-state index in [1.165, 1.54) is 0 Å². The van der Waals surface area contributed by atoms with Crippen molar-refractivity contribution in [2.75, 3.05) is 6.61 Å². The van der Waals surface area contributed by atoms with Gasteiger partial charge in [0.2, 0.25) is 5.91 Å². The van der Waals surface area contributed by atoms with E-state index >= 15 is 0 Å². The van der Waals surface area contributed by atoms with Gasteiger partial charge in [0, 0.05) is 18.9 Å². The van der Waals surface area contributed by atoms with Gasteiger partial charge < -0.3 is 10.1 Å². The molecule has 0 saturated carbocycles. The van der Waals surface area contributed by atoms with Crippen molar-refractivity contribution in [1.82, 2.24) is 20.1 Å². The monoisotopic (exact) mass is 392 g/mol. The second-order valence-corrected chi connectivity index (χ2v) is 7.48. The van der Waals surface area contributed by atoms with Gasteiger partial charge >= 0.3 is 0 Å². The van der Waals surface area contributed by atoms with Crippen LogP contribution >= 0.6 is 11.3 Å². The van der Waals surface area contributed by atoms with Gasteiger partial charge in [-0.25, -0.2) is 4.98 Å². The number of hydrogen-bond donors (Lipinski definition) is 1. The average molecular weight is 392 g/mol. The zero-order chi connectivity index (χ0) is 19.2. The minimum absolute atomic E-state index is 0.0211. The summed E-state index contributed by atoms with van der Waals surface area (Å²) in [6, 6.07) is 18.0. The first-order valence-corrected chi connectivity index (χ1v) is 9.82. The largest absolute Gasteiger partial charge is 0.364 e. The minimum atomic E-state index is -0.137. The van der Waals surface area contributed by atoms with Gasteiger partial charge in [0.15, 0.2) is 0 Å². The Labute approximate surface area is 166 Å². The van der Waals surface area contributed by atoms with Crippen LogP contribution < -0.4 is 5.32 Å². The predicted octanol–water partition coefficient (Wildman–Crippen LogP) is 3.37. The van der Waals surface area contributed by atoms with Crippen molar-refractivity contribution >= 4 is 27.5 Å². The molecule has 0 unspecified atom stereocenters. The highest BCUT2D eigenvalue weighted by Gasteiger charge is 2.06. The molecule has 0 fully saturated rings. The maximum Gasteiger partial charge on any atom is 0.246 e. The van der Waals surface area contributed by atoms with Crippen LogP contribution in [0, 0.1) is 0 Å². The smallest absolute Gasteiger partial charge is 0.246 e. The lowest BCUT2D eigenvalue weighted by atomic mass is 10.1. The van der Waals surface area contributed by atoms with E-state index < -0.39 is 0 Å². The second kappa shape index (κ2) is 8.77. The van der Waals surface area contributed by atoms with Gasteiger partial charge in [-0.1, -0.05) is 36.4 Å². The molecule has 7 heteroatoms. The Hall–Kier alpha value is -3.03. The summed E-state index contributed by atoms with van der Waals surface area (Å²) in [7, 11) is 0. The van der Waals surface area contributed by atoms with Crippen molar-refractivity contribution in [1.29, 1.82) is 0 Å². The molecule has 0 aliphatic heterocycles. The maximum absolute atomic E-state index is 12.0. The minimum Gasteiger partial charge on any atom is -0.364 e. The Kier molecular flexibility index (Phi) is 5.75. The molecule has 0 aliphatic carbocycles. The summed E-state index contributed by atoms with van der Waals surface area (Å²) in [5.41, 5.74) is 3.17. The Morgan fingerprint density at radius 1 is 1.07 bits per heavy atom. The predicted molar refractivity (Wildman–Crippen MR) is 109 cm³/mol. The summed E-state index contributed by atoms with van der Waals surface area (Å²) < 4.78 is 8.50. The number of benzene rings is 2. The van der Waals surface area contributed by atoms with E-state index in [1.807, 2.05) is 65.5 Å². The van der Waals surface area contributed by atoms with Crippen LogP contribution in [0.3, 0.4) is 0 Å². The van der Waals surface area contributed by atoms with Crippen LogP contribution in [-0.4, -0.2) is 27.3 Å². The molecule has 2 aromatic carbocycles. The molecule has 28 heavy (non-hydrogen) atoms. The van der Waals surface area contributed by atoms with Gasteiger partial charge in [-0.2, -0.15) is 5.10 Å². The molecular weight excluding hydrogens is 372 g/mol. The Morgan fingerprint density at radius 3 is 2.68 bits per heavy atom. The fourth-order valence-corrected chi connectivity index (χ4v) is 3.71. The highest BCUT2D eigenvalue weighted by Crippen LogP contribution is 2.21. The molecule has 0 bridgehead atoms. The molecular formula is C21H20N4O2S. The SMILES string of the molecule is O=C(COCc1nc2ccccc2s1)NCc1ccc(Cn2cccn2)cc1. The molecule has 6 nitrogen and oxygen atoms in total. The maximum atomic E-state index is 12.0. The molecule has 142 valence electrons. The zero-order valence-corrected chi connectivity index (χ0v) is 16.1. The summed E-state index contributed by atoms with van der Waals surface area (Å²) in [6.07, 6.45) is 3.70. The number of fused-ring (bicyclic) bond motifs is 1. The number of hydrogen-bond acceptors (Lipinski definition) is 5. The van der Waals surface area contributed by atoms with E-state index in [1.54, 1.807) is 17.5 Å². The average Bonchev–Trinajstić information content (AvgIpc) is 3.36. The first-order valence-electron chi connectivity index (χ1n) is 9.00. The summed E-state index contributed by atoms with van der Waals surface area (Å²) in [5.74, 6) is -0.137. The molecule has 0 saturated heterocycles. The first-order chi connectivity index (χ1) is 13.8. The van der Waals surface area contributed by atoms with Crippen molar-refractivity contribution in [2.45, 2.75) is 19.7 Å². The molecule has 4 aromatic rings. The number of thiazole rings is 1. The highest BCUT2D eigenvalue weighted by atomic mass is 32.1. The van der Waals surface area contributed by atoms with Gasteiger partial charge in [0.25, 0.3) is 0 Å². The summed E-state index contributed by atoms with van der Waals surface area (Å²) in [6.45, 7) is 1.58. The standard InChI is InChI=1S/C21H20N4O2S/c26-20(14-27-15-21-24-18-4-1-2-5-19(18)28-21)22-12-16-6-8-17(9-7-16)13-25-11-3-10-23-25/h1-11H,12-15H2,(H,22,26). The van der Waals surface area contributed by atoms with Crippen LogP contribution in [0.4, 0.5) is 0 Å². The Balaban J connectivity index is 1.19. The number of nitrogens with zero attached hydrogens (tertiary/aromatic N) is 3. The number of rotatable bonds is 8. The number of para-hydroxylation sites is 1. The molecule has 2 heterocycles. The number of carbonyl (C=O) groups excluding carboxylic acids is 1. The fourth-order valence-electron chi connectivity index (χ4n) is 2.81. The topological polar surface area (TPSA) is 69.0 Å². The van der Waals surface area contributed by atoms with Gasteiger partial charge in [-0.05, 0) is 29.3 Å². The van der Waals surface area contributed by atoms with Crippen molar-refractivity contribution < 1.29 is 9.53 Å². The lowest BCUT2D eigenvalue weighted by Gasteiger charge is -2.07. The number of carbonyl (C=O) groups is 1. The quantitative estimate of drug-likeness (QED) is 0.499. The van der Waals surface area contributed by atoms with Crippen LogP contribution in [0.1, 0.15) is 16.1 Å².